The van der Waals surface area contributed by atoms with Crippen LogP contribution in [0.1, 0.15) is 25.8 Å². The molecule has 1 atom stereocenters. The molecule has 4 rings (SSSR count). The molecular weight excluding hydrogens is 358 g/mol. The Morgan fingerprint density at radius 3 is 2.43 bits per heavy atom. The van der Waals surface area contributed by atoms with Crippen LogP contribution in [-0.4, -0.2) is 81.2 Å². The summed E-state index contributed by atoms with van der Waals surface area (Å²) >= 11 is 0. The molecule has 0 saturated carbocycles. The molecule has 0 aliphatic carbocycles. The zero-order chi connectivity index (χ0) is 19.7. The average molecular weight is 383 g/mol. The van der Waals surface area contributed by atoms with Gasteiger partial charge in [-0.15, -0.1) is 0 Å². The highest BCUT2D eigenvalue weighted by molar-refractivity contribution is 6.01. The number of imidazole rings is 1. The summed E-state index contributed by atoms with van der Waals surface area (Å²) in [5, 5.41) is 0. The lowest BCUT2D eigenvalue weighted by molar-refractivity contribution is -0.138. The predicted octanol–water partition coefficient (Wildman–Crippen LogP) is 0.891. The number of amides is 3. The molecule has 28 heavy (non-hydrogen) atoms. The maximum absolute atomic E-state index is 13.0. The fraction of sp³-hybridized carbons (Fsp3) is 0.500. The van der Waals surface area contributed by atoms with E-state index in [1.165, 1.54) is 4.90 Å². The molecule has 2 saturated heterocycles. The first kappa shape index (κ1) is 18.6. The third kappa shape index (κ3) is 3.52. The minimum Gasteiger partial charge on any atom is -0.338 e. The number of imide groups is 1. The van der Waals surface area contributed by atoms with Crippen molar-refractivity contribution in [2.24, 2.45) is 0 Å². The van der Waals surface area contributed by atoms with Gasteiger partial charge in [-0.2, -0.15) is 0 Å². The smallest absolute Gasteiger partial charge is 0.245 e. The first-order valence-electron chi connectivity index (χ1n) is 9.80. The van der Waals surface area contributed by atoms with Crippen LogP contribution in [0.4, 0.5) is 0 Å². The summed E-state index contributed by atoms with van der Waals surface area (Å²) in [6.45, 7) is 5.83. The maximum atomic E-state index is 13.0. The number of hydrogen-bond donors (Lipinski definition) is 0. The number of rotatable bonds is 5. The van der Waals surface area contributed by atoms with Crippen molar-refractivity contribution in [3.05, 3.63) is 30.6 Å². The Morgan fingerprint density at radius 1 is 1.04 bits per heavy atom. The number of piperazine rings is 1. The topological polar surface area (TPSA) is 78.8 Å². The number of likely N-dealkylation sites (tertiary alicyclic amines) is 1. The first-order valence-corrected chi connectivity index (χ1v) is 9.80. The summed E-state index contributed by atoms with van der Waals surface area (Å²) in [5.74, 6) is -0.0481. The second-order valence-corrected chi connectivity index (χ2v) is 7.42. The zero-order valence-corrected chi connectivity index (χ0v) is 16.1. The fourth-order valence-electron chi connectivity index (χ4n) is 3.98. The fourth-order valence-corrected chi connectivity index (χ4v) is 3.98. The highest BCUT2D eigenvalue weighted by Crippen LogP contribution is 2.20. The SMILES string of the molecule is CC(C(=O)N1CCN(CCN2C(=O)CCC2=O)CC1)n1cnc2ccccc21. The van der Waals surface area contributed by atoms with E-state index in [-0.39, 0.29) is 23.8 Å². The van der Waals surface area contributed by atoms with E-state index < -0.39 is 0 Å². The molecule has 0 N–H and O–H groups in total. The van der Waals surface area contributed by atoms with Gasteiger partial charge in [-0.25, -0.2) is 4.98 Å². The highest BCUT2D eigenvalue weighted by Gasteiger charge is 2.30. The van der Waals surface area contributed by atoms with Crippen LogP contribution in [0, 0.1) is 0 Å². The Morgan fingerprint density at radius 2 is 1.71 bits per heavy atom. The Balaban J connectivity index is 1.31. The summed E-state index contributed by atoms with van der Waals surface area (Å²) in [7, 11) is 0. The van der Waals surface area contributed by atoms with E-state index in [2.05, 4.69) is 9.88 Å². The number of benzene rings is 1. The van der Waals surface area contributed by atoms with Gasteiger partial charge in [0.05, 0.1) is 17.4 Å². The van der Waals surface area contributed by atoms with Gasteiger partial charge in [0.25, 0.3) is 0 Å². The van der Waals surface area contributed by atoms with Crippen LogP contribution >= 0.6 is 0 Å². The van der Waals surface area contributed by atoms with Crippen LogP contribution in [0.3, 0.4) is 0 Å². The number of hydrogen-bond acceptors (Lipinski definition) is 5. The Kier molecular flexibility index (Phi) is 5.13. The quantitative estimate of drug-likeness (QED) is 0.717. The van der Waals surface area contributed by atoms with Crippen molar-refractivity contribution in [3.63, 3.8) is 0 Å². The number of carbonyl (C=O) groups is 3. The summed E-state index contributed by atoms with van der Waals surface area (Å²) in [5.41, 5.74) is 1.85. The minimum absolute atomic E-state index is 0.0693. The van der Waals surface area contributed by atoms with Crippen molar-refractivity contribution in [1.29, 1.82) is 0 Å². The van der Waals surface area contributed by atoms with Gasteiger partial charge in [0, 0.05) is 52.1 Å². The predicted molar refractivity (Wildman–Crippen MR) is 103 cm³/mol. The third-order valence-electron chi connectivity index (χ3n) is 5.73. The standard InChI is InChI=1S/C20H25N5O3/c1-15(25-14-21-16-4-2-3-5-17(16)25)20(28)23-11-8-22(9-12-23)10-13-24-18(26)6-7-19(24)27/h2-5,14-15H,6-13H2,1H3. The molecule has 1 aromatic carbocycles. The monoisotopic (exact) mass is 383 g/mol. The molecule has 0 radical (unpaired) electrons. The molecule has 2 fully saturated rings. The van der Waals surface area contributed by atoms with Gasteiger partial charge in [-0.3, -0.25) is 24.2 Å². The average Bonchev–Trinajstić information content (AvgIpc) is 3.29. The van der Waals surface area contributed by atoms with E-state index >= 15 is 0 Å². The van der Waals surface area contributed by atoms with Crippen LogP contribution < -0.4 is 0 Å². The Labute approximate surface area is 163 Å². The van der Waals surface area contributed by atoms with Crippen LogP contribution in [0.15, 0.2) is 30.6 Å². The van der Waals surface area contributed by atoms with Crippen molar-refractivity contribution in [3.8, 4) is 0 Å². The van der Waals surface area contributed by atoms with Gasteiger partial charge in [-0.1, -0.05) is 12.1 Å². The van der Waals surface area contributed by atoms with Gasteiger partial charge >= 0.3 is 0 Å². The lowest BCUT2D eigenvalue weighted by Gasteiger charge is -2.36. The van der Waals surface area contributed by atoms with Gasteiger partial charge in [-0.05, 0) is 19.1 Å². The largest absolute Gasteiger partial charge is 0.338 e. The number of nitrogens with zero attached hydrogens (tertiary/aromatic N) is 5. The van der Waals surface area contributed by atoms with E-state index in [1.54, 1.807) is 6.33 Å². The lowest BCUT2D eigenvalue weighted by atomic mass is 10.2. The van der Waals surface area contributed by atoms with Crippen molar-refractivity contribution < 1.29 is 14.4 Å². The highest BCUT2D eigenvalue weighted by atomic mass is 16.2. The molecule has 2 aliphatic rings. The van der Waals surface area contributed by atoms with Crippen molar-refractivity contribution >= 4 is 28.8 Å². The van der Waals surface area contributed by atoms with Crippen LogP contribution in [-0.2, 0) is 14.4 Å². The number of carbonyl (C=O) groups excluding carboxylic acids is 3. The van der Waals surface area contributed by atoms with Gasteiger partial charge in [0.2, 0.25) is 17.7 Å². The molecule has 148 valence electrons. The second-order valence-electron chi connectivity index (χ2n) is 7.42. The molecule has 3 amide bonds. The number of fused-ring (bicyclic) bond motifs is 1. The Bertz CT molecular complexity index is 884. The molecule has 1 unspecified atom stereocenters. The molecule has 8 heteroatoms. The molecule has 8 nitrogen and oxygen atoms in total. The van der Waals surface area contributed by atoms with E-state index in [0.717, 1.165) is 24.1 Å². The first-order chi connectivity index (χ1) is 13.5. The molecule has 3 heterocycles. The van der Waals surface area contributed by atoms with E-state index in [1.807, 2.05) is 40.7 Å². The molecule has 0 spiro atoms. The van der Waals surface area contributed by atoms with E-state index in [4.69, 9.17) is 0 Å². The van der Waals surface area contributed by atoms with Gasteiger partial charge in [0.1, 0.15) is 6.04 Å². The second kappa shape index (κ2) is 7.71. The van der Waals surface area contributed by atoms with Crippen molar-refractivity contribution in [1.82, 2.24) is 24.3 Å². The molecule has 2 aromatic rings. The molecular formula is C20H25N5O3. The van der Waals surface area contributed by atoms with Crippen LogP contribution in [0.2, 0.25) is 0 Å². The summed E-state index contributed by atoms with van der Waals surface area (Å²) in [6, 6.07) is 7.50. The Hall–Kier alpha value is -2.74. The van der Waals surface area contributed by atoms with Gasteiger partial charge < -0.3 is 9.47 Å². The maximum Gasteiger partial charge on any atom is 0.245 e. The summed E-state index contributed by atoms with van der Waals surface area (Å²) in [6.07, 6.45) is 2.40. The summed E-state index contributed by atoms with van der Waals surface area (Å²) in [4.78, 5) is 46.2. The molecule has 2 aliphatic heterocycles. The lowest BCUT2D eigenvalue weighted by Crippen LogP contribution is -2.51. The minimum atomic E-state index is -0.307. The van der Waals surface area contributed by atoms with E-state index in [0.29, 0.717) is 39.0 Å². The third-order valence-corrected chi connectivity index (χ3v) is 5.73. The zero-order valence-electron chi connectivity index (χ0n) is 16.1. The number of aromatic nitrogens is 2. The van der Waals surface area contributed by atoms with Crippen LogP contribution in [0.5, 0.6) is 0 Å². The van der Waals surface area contributed by atoms with Crippen molar-refractivity contribution in [2.45, 2.75) is 25.8 Å². The summed E-state index contributed by atoms with van der Waals surface area (Å²) < 4.78 is 1.93. The van der Waals surface area contributed by atoms with E-state index in [9.17, 15) is 14.4 Å². The molecule has 0 bridgehead atoms. The van der Waals surface area contributed by atoms with Crippen LogP contribution in [0.25, 0.3) is 11.0 Å². The van der Waals surface area contributed by atoms with Crippen molar-refractivity contribution in [2.75, 3.05) is 39.3 Å². The number of para-hydroxylation sites is 2. The molecule has 1 aromatic heterocycles. The normalized spacial score (nSPS) is 19.6. The van der Waals surface area contributed by atoms with Gasteiger partial charge in [0.15, 0.2) is 0 Å².